The van der Waals surface area contributed by atoms with E-state index >= 15 is 0 Å². The van der Waals surface area contributed by atoms with Gasteiger partial charge in [-0.1, -0.05) is 30.3 Å². The SMILES string of the molecule is COc1ccc(CC(=O)N2CCN(c3ccccc3)CC(Cc3cnccn3)C2)cc1. The molecule has 4 rings (SSSR count). The number of carbonyl (C=O) groups excluding carboxylic acids is 1. The Morgan fingerprint density at radius 2 is 1.84 bits per heavy atom. The molecule has 2 aromatic carbocycles. The molecule has 1 aliphatic heterocycles. The van der Waals surface area contributed by atoms with E-state index in [1.165, 1.54) is 5.69 Å². The van der Waals surface area contributed by atoms with Gasteiger partial charge in [-0.3, -0.25) is 14.8 Å². The summed E-state index contributed by atoms with van der Waals surface area (Å²) in [5.74, 6) is 1.23. The molecule has 1 saturated heterocycles. The van der Waals surface area contributed by atoms with Crippen molar-refractivity contribution in [3.05, 3.63) is 84.4 Å². The fourth-order valence-electron chi connectivity index (χ4n) is 4.09. The predicted octanol–water partition coefficient (Wildman–Crippen LogP) is 3.24. The highest BCUT2D eigenvalue weighted by Gasteiger charge is 2.26. The average molecular weight is 417 g/mol. The number of hydrogen-bond acceptors (Lipinski definition) is 5. The van der Waals surface area contributed by atoms with Crippen LogP contribution in [0.15, 0.2) is 73.2 Å². The maximum absolute atomic E-state index is 13.2. The van der Waals surface area contributed by atoms with Gasteiger partial charge in [0.05, 0.1) is 19.2 Å². The Labute approximate surface area is 183 Å². The quantitative estimate of drug-likeness (QED) is 0.618. The molecule has 0 N–H and O–H groups in total. The molecule has 0 radical (unpaired) electrons. The van der Waals surface area contributed by atoms with Crippen molar-refractivity contribution >= 4 is 11.6 Å². The summed E-state index contributed by atoms with van der Waals surface area (Å²) >= 11 is 0. The van der Waals surface area contributed by atoms with Gasteiger partial charge < -0.3 is 14.5 Å². The van der Waals surface area contributed by atoms with Crippen LogP contribution in [0, 0.1) is 5.92 Å². The molecular formula is C25H28N4O2. The van der Waals surface area contributed by atoms with Crippen molar-refractivity contribution in [2.24, 2.45) is 5.92 Å². The maximum Gasteiger partial charge on any atom is 0.227 e. The monoisotopic (exact) mass is 416 g/mol. The van der Waals surface area contributed by atoms with Crippen LogP contribution in [0.25, 0.3) is 0 Å². The summed E-state index contributed by atoms with van der Waals surface area (Å²) in [6, 6.07) is 18.1. The molecule has 2 heterocycles. The van der Waals surface area contributed by atoms with Gasteiger partial charge >= 0.3 is 0 Å². The second kappa shape index (κ2) is 10.1. The van der Waals surface area contributed by atoms with Crippen molar-refractivity contribution in [3.63, 3.8) is 0 Å². The van der Waals surface area contributed by atoms with Crippen LogP contribution in [-0.4, -0.2) is 54.1 Å². The Balaban J connectivity index is 1.49. The Kier molecular flexibility index (Phi) is 6.77. The summed E-state index contributed by atoms with van der Waals surface area (Å²) < 4.78 is 5.22. The number of rotatable bonds is 6. The Hall–Kier alpha value is -3.41. The molecular weight excluding hydrogens is 388 g/mol. The third kappa shape index (κ3) is 5.60. The van der Waals surface area contributed by atoms with Crippen LogP contribution in [-0.2, 0) is 17.6 Å². The first-order valence-electron chi connectivity index (χ1n) is 10.7. The fraction of sp³-hybridized carbons (Fsp3) is 0.320. The number of hydrogen-bond donors (Lipinski definition) is 0. The zero-order valence-electron chi connectivity index (χ0n) is 17.9. The van der Waals surface area contributed by atoms with E-state index in [9.17, 15) is 4.79 Å². The van der Waals surface area contributed by atoms with E-state index < -0.39 is 0 Å². The number of benzene rings is 2. The molecule has 0 bridgehead atoms. The van der Waals surface area contributed by atoms with Crippen LogP contribution >= 0.6 is 0 Å². The number of anilines is 1. The lowest BCUT2D eigenvalue weighted by Crippen LogP contribution is -2.37. The first kappa shape index (κ1) is 20.8. The number of para-hydroxylation sites is 1. The van der Waals surface area contributed by atoms with Crippen LogP contribution in [0.4, 0.5) is 5.69 Å². The smallest absolute Gasteiger partial charge is 0.227 e. The van der Waals surface area contributed by atoms with Crippen molar-refractivity contribution in [1.29, 1.82) is 0 Å². The number of methoxy groups -OCH3 is 1. The Bertz CT molecular complexity index is 964. The van der Waals surface area contributed by atoms with Gasteiger partial charge in [-0.2, -0.15) is 0 Å². The lowest BCUT2D eigenvalue weighted by Gasteiger charge is -2.25. The molecule has 0 spiro atoms. The summed E-state index contributed by atoms with van der Waals surface area (Å²) in [6.07, 6.45) is 6.43. The zero-order valence-corrected chi connectivity index (χ0v) is 17.9. The van der Waals surface area contributed by atoms with E-state index in [4.69, 9.17) is 4.74 Å². The second-order valence-corrected chi connectivity index (χ2v) is 7.91. The van der Waals surface area contributed by atoms with Crippen molar-refractivity contribution in [1.82, 2.24) is 14.9 Å². The number of carbonyl (C=O) groups is 1. The molecule has 1 amide bonds. The summed E-state index contributed by atoms with van der Waals surface area (Å²) in [5, 5.41) is 0. The van der Waals surface area contributed by atoms with Crippen molar-refractivity contribution in [3.8, 4) is 5.75 Å². The normalized spacial score (nSPS) is 16.6. The molecule has 6 heteroatoms. The van der Waals surface area contributed by atoms with Gasteiger partial charge in [0.25, 0.3) is 0 Å². The molecule has 160 valence electrons. The lowest BCUT2D eigenvalue weighted by atomic mass is 10.0. The van der Waals surface area contributed by atoms with Crippen LogP contribution in [0.1, 0.15) is 11.3 Å². The van der Waals surface area contributed by atoms with E-state index in [0.717, 1.165) is 43.1 Å². The van der Waals surface area contributed by atoms with Crippen LogP contribution in [0.5, 0.6) is 5.75 Å². The minimum absolute atomic E-state index is 0.157. The minimum Gasteiger partial charge on any atom is -0.497 e. The second-order valence-electron chi connectivity index (χ2n) is 7.91. The summed E-state index contributed by atoms with van der Waals surface area (Å²) in [4.78, 5) is 26.2. The predicted molar refractivity (Wildman–Crippen MR) is 121 cm³/mol. The number of ether oxygens (including phenoxy) is 1. The molecule has 1 unspecified atom stereocenters. The summed E-state index contributed by atoms with van der Waals surface area (Å²) in [6.45, 7) is 3.12. The van der Waals surface area contributed by atoms with Crippen LogP contribution < -0.4 is 9.64 Å². The third-order valence-corrected chi connectivity index (χ3v) is 5.70. The molecule has 0 saturated carbocycles. The van der Waals surface area contributed by atoms with Crippen molar-refractivity contribution < 1.29 is 9.53 Å². The lowest BCUT2D eigenvalue weighted by molar-refractivity contribution is -0.130. The van der Waals surface area contributed by atoms with E-state index in [0.29, 0.717) is 13.0 Å². The van der Waals surface area contributed by atoms with E-state index in [1.54, 1.807) is 19.5 Å². The molecule has 0 aliphatic carbocycles. The van der Waals surface area contributed by atoms with Gasteiger partial charge in [-0.25, -0.2) is 0 Å². The van der Waals surface area contributed by atoms with Crippen LogP contribution in [0.2, 0.25) is 0 Å². The summed E-state index contributed by atoms with van der Waals surface area (Å²) in [7, 11) is 1.65. The van der Waals surface area contributed by atoms with E-state index in [1.807, 2.05) is 41.4 Å². The summed E-state index contributed by atoms with van der Waals surface area (Å²) in [5.41, 5.74) is 3.15. The highest BCUT2D eigenvalue weighted by atomic mass is 16.5. The third-order valence-electron chi connectivity index (χ3n) is 5.70. The average Bonchev–Trinajstić information content (AvgIpc) is 3.04. The molecule has 3 aromatic rings. The molecule has 1 aliphatic rings. The first-order valence-corrected chi connectivity index (χ1v) is 10.7. The first-order chi connectivity index (χ1) is 15.2. The number of aromatic nitrogens is 2. The molecule has 6 nitrogen and oxygen atoms in total. The molecule has 31 heavy (non-hydrogen) atoms. The van der Waals surface area contributed by atoms with Gasteiger partial charge in [-0.05, 0) is 42.2 Å². The Morgan fingerprint density at radius 1 is 1.03 bits per heavy atom. The van der Waals surface area contributed by atoms with Gasteiger partial charge in [-0.15, -0.1) is 0 Å². The fourth-order valence-corrected chi connectivity index (χ4v) is 4.09. The van der Waals surface area contributed by atoms with Gasteiger partial charge in [0, 0.05) is 50.5 Å². The van der Waals surface area contributed by atoms with Crippen LogP contribution in [0.3, 0.4) is 0 Å². The van der Waals surface area contributed by atoms with Crippen molar-refractivity contribution in [2.75, 3.05) is 38.2 Å². The highest BCUT2D eigenvalue weighted by Crippen LogP contribution is 2.21. The number of amides is 1. The molecule has 1 fully saturated rings. The molecule has 1 aromatic heterocycles. The molecule has 1 atom stereocenters. The van der Waals surface area contributed by atoms with Gasteiger partial charge in [0.2, 0.25) is 5.91 Å². The van der Waals surface area contributed by atoms with Crippen molar-refractivity contribution in [2.45, 2.75) is 12.8 Å². The van der Waals surface area contributed by atoms with Gasteiger partial charge in [0.15, 0.2) is 0 Å². The zero-order chi connectivity index (χ0) is 21.5. The van der Waals surface area contributed by atoms with Gasteiger partial charge in [0.1, 0.15) is 5.75 Å². The minimum atomic E-state index is 0.157. The highest BCUT2D eigenvalue weighted by molar-refractivity contribution is 5.79. The number of nitrogens with zero attached hydrogens (tertiary/aromatic N) is 4. The van der Waals surface area contributed by atoms with E-state index in [2.05, 4.69) is 39.1 Å². The topological polar surface area (TPSA) is 58.6 Å². The van der Waals surface area contributed by atoms with E-state index in [-0.39, 0.29) is 11.8 Å². The Morgan fingerprint density at radius 3 is 2.55 bits per heavy atom. The maximum atomic E-state index is 13.2. The largest absolute Gasteiger partial charge is 0.497 e. The standard InChI is InChI=1S/C25H28N4O2/c1-31-24-9-7-20(8-10-24)16-25(30)29-14-13-28(23-5-3-2-4-6-23)18-21(19-29)15-22-17-26-11-12-27-22/h2-12,17,21H,13-16,18-19H2,1H3.